The largest absolute Gasteiger partial charge is 0.228 e. The fourth-order valence-corrected chi connectivity index (χ4v) is 3.90. The van der Waals surface area contributed by atoms with Gasteiger partial charge in [-0.1, -0.05) is 6.42 Å². The molecule has 1 aliphatic carbocycles. The van der Waals surface area contributed by atoms with Crippen LogP contribution in [0, 0.1) is 0 Å². The standard InChI is InChI=1S/C5H8O2S/c6-8(7)4-2-1-3-5(4)8/h4-5H,1-3H2. The molecule has 0 aromatic rings. The second kappa shape index (κ2) is 1.10. The Morgan fingerprint density at radius 1 is 1.12 bits per heavy atom. The summed E-state index contributed by atoms with van der Waals surface area (Å²) in [6, 6.07) is 0. The lowest BCUT2D eigenvalue weighted by atomic mass is 10.4. The van der Waals surface area contributed by atoms with Crippen LogP contribution in [-0.2, 0) is 9.84 Å². The number of hydrogen-bond acceptors (Lipinski definition) is 2. The van der Waals surface area contributed by atoms with E-state index < -0.39 is 9.84 Å². The molecule has 0 aromatic carbocycles. The third-order valence-corrected chi connectivity index (χ3v) is 4.66. The second-order valence-corrected chi connectivity index (χ2v) is 4.99. The Morgan fingerprint density at radius 3 is 1.88 bits per heavy atom. The number of hydrogen-bond donors (Lipinski definition) is 0. The summed E-state index contributed by atoms with van der Waals surface area (Å²) in [6.45, 7) is 0. The predicted octanol–water partition coefficient (Wildman–Crippen LogP) is 0.336. The maximum absolute atomic E-state index is 10.7. The summed E-state index contributed by atoms with van der Waals surface area (Å²) in [6.07, 6.45) is 3.01. The van der Waals surface area contributed by atoms with Crippen LogP contribution in [0.5, 0.6) is 0 Å². The van der Waals surface area contributed by atoms with E-state index in [2.05, 4.69) is 0 Å². The highest BCUT2D eigenvalue weighted by Crippen LogP contribution is 2.45. The van der Waals surface area contributed by atoms with Crippen molar-refractivity contribution >= 4 is 9.84 Å². The molecule has 0 bridgehead atoms. The summed E-state index contributed by atoms with van der Waals surface area (Å²) in [5.41, 5.74) is 0. The van der Waals surface area contributed by atoms with Gasteiger partial charge in [0.2, 0.25) is 0 Å². The number of fused-ring (bicyclic) bond motifs is 1. The van der Waals surface area contributed by atoms with E-state index in [0.717, 1.165) is 19.3 Å². The third kappa shape index (κ3) is 0.366. The van der Waals surface area contributed by atoms with Gasteiger partial charge >= 0.3 is 0 Å². The van der Waals surface area contributed by atoms with Gasteiger partial charge in [0.15, 0.2) is 9.84 Å². The molecule has 1 aliphatic heterocycles. The van der Waals surface area contributed by atoms with Gasteiger partial charge in [-0.25, -0.2) is 8.42 Å². The summed E-state index contributed by atoms with van der Waals surface area (Å²) in [5, 5.41) is 0.199. The molecule has 2 atom stereocenters. The van der Waals surface area contributed by atoms with Crippen molar-refractivity contribution in [3.05, 3.63) is 0 Å². The third-order valence-electron chi connectivity index (χ3n) is 2.16. The Bertz CT molecular complexity index is 188. The van der Waals surface area contributed by atoms with E-state index in [1.165, 1.54) is 0 Å². The highest BCUT2D eigenvalue weighted by molar-refractivity contribution is 8.00. The lowest BCUT2D eigenvalue weighted by Crippen LogP contribution is -1.86. The van der Waals surface area contributed by atoms with Crippen LogP contribution in [0.3, 0.4) is 0 Å². The predicted molar refractivity (Wildman–Crippen MR) is 30.3 cm³/mol. The van der Waals surface area contributed by atoms with Crippen molar-refractivity contribution in [1.82, 2.24) is 0 Å². The SMILES string of the molecule is O=S1(=O)C2CCCC21. The lowest BCUT2D eigenvalue weighted by Gasteiger charge is -1.84. The van der Waals surface area contributed by atoms with E-state index in [9.17, 15) is 8.42 Å². The summed E-state index contributed by atoms with van der Waals surface area (Å²) >= 11 is 0. The van der Waals surface area contributed by atoms with Crippen LogP contribution >= 0.6 is 0 Å². The molecule has 8 heavy (non-hydrogen) atoms. The fraction of sp³-hybridized carbons (Fsp3) is 1.00. The minimum absolute atomic E-state index is 0.0995. The van der Waals surface area contributed by atoms with Crippen LogP contribution in [0.2, 0.25) is 0 Å². The van der Waals surface area contributed by atoms with Gasteiger partial charge in [-0.15, -0.1) is 0 Å². The zero-order valence-corrected chi connectivity index (χ0v) is 5.32. The molecule has 1 heterocycles. The number of sulfone groups is 1. The highest BCUT2D eigenvalue weighted by atomic mass is 32.2. The smallest absolute Gasteiger partial charge is 0.158 e. The van der Waals surface area contributed by atoms with Crippen LogP contribution in [0.15, 0.2) is 0 Å². The lowest BCUT2D eigenvalue weighted by molar-refractivity contribution is 0.604. The van der Waals surface area contributed by atoms with Gasteiger partial charge in [-0.05, 0) is 12.8 Å². The molecule has 46 valence electrons. The van der Waals surface area contributed by atoms with Crippen LogP contribution < -0.4 is 0 Å². The normalized spacial score (nSPS) is 48.5. The summed E-state index contributed by atoms with van der Waals surface area (Å²) in [7, 11) is -2.50. The Hall–Kier alpha value is -0.0500. The molecular formula is C5H8O2S. The van der Waals surface area contributed by atoms with Gasteiger partial charge in [0.25, 0.3) is 0 Å². The van der Waals surface area contributed by atoms with Crippen molar-refractivity contribution in [2.75, 3.05) is 0 Å². The average molecular weight is 132 g/mol. The second-order valence-electron chi connectivity index (χ2n) is 2.60. The van der Waals surface area contributed by atoms with Crippen molar-refractivity contribution in [1.29, 1.82) is 0 Å². The molecule has 0 aromatic heterocycles. The molecule has 0 amide bonds. The fourth-order valence-electron chi connectivity index (χ4n) is 1.60. The average Bonchev–Trinajstić information content (AvgIpc) is 2.22. The summed E-state index contributed by atoms with van der Waals surface area (Å²) < 4.78 is 21.4. The molecule has 2 nitrogen and oxygen atoms in total. The molecule has 3 heteroatoms. The van der Waals surface area contributed by atoms with Crippen LogP contribution in [0.1, 0.15) is 19.3 Å². The van der Waals surface area contributed by atoms with E-state index in [4.69, 9.17) is 0 Å². The summed E-state index contributed by atoms with van der Waals surface area (Å²) in [4.78, 5) is 0. The van der Waals surface area contributed by atoms with E-state index in [1.807, 2.05) is 0 Å². The first-order chi connectivity index (χ1) is 3.73. The van der Waals surface area contributed by atoms with Gasteiger partial charge in [-0.2, -0.15) is 0 Å². The van der Waals surface area contributed by atoms with Crippen molar-refractivity contribution in [2.24, 2.45) is 0 Å². The van der Waals surface area contributed by atoms with Crippen LogP contribution in [0.25, 0.3) is 0 Å². The molecule has 2 aliphatic rings. The first kappa shape index (κ1) is 4.79. The Kier molecular flexibility index (Phi) is 0.660. The number of rotatable bonds is 0. The molecule has 2 rings (SSSR count). The Labute approximate surface area is 48.8 Å². The molecule has 0 radical (unpaired) electrons. The van der Waals surface area contributed by atoms with Crippen molar-refractivity contribution in [2.45, 2.75) is 29.8 Å². The van der Waals surface area contributed by atoms with Gasteiger partial charge in [0, 0.05) is 0 Å². The molecule has 2 unspecified atom stereocenters. The van der Waals surface area contributed by atoms with Gasteiger partial charge in [-0.3, -0.25) is 0 Å². The maximum atomic E-state index is 10.7. The van der Waals surface area contributed by atoms with E-state index in [-0.39, 0.29) is 10.5 Å². The maximum Gasteiger partial charge on any atom is 0.158 e. The molecule has 2 fully saturated rings. The first-order valence-electron chi connectivity index (χ1n) is 2.95. The molecule has 0 spiro atoms. The van der Waals surface area contributed by atoms with Crippen molar-refractivity contribution in [3.63, 3.8) is 0 Å². The summed E-state index contributed by atoms with van der Waals surface area (Å²) in [5.74, 6) is 0. The van der Waals surface area contributed by atoms with E-state index in [0.29, 0.717) is 0 Å². The van der Waals surface area contributed by atoms with Crippen molar-refractivity contribution < 1.29 is 8.42 Å². The monoisotopic (exact) mass is 132 g/mol. The quantitative estimate of drug-likeness (QED) is 0.445. The molecule has 0 N–H and O–H groups in total. The topological polar surface area (TPSA) is 34.1 Å². The van der Waals surface area contributed by atoms with E-state index >= 15 is 0 Å². The highest BCUT2D eigenvalue weighted by Gasteiger charge is 2.59. The molecular weight excluding hydrogens is 124 g/mol. The van der Waals surface area contributed by atoms with Gasteiger partial charge in [0.1, 0.15) is 0 Å². The zero-order chi connectivity index (χ0) is 5.78. The van der Waals surface area contributed by atoms with Gasteiger partial charge in [0.05, 0.1) is 10.5 Å². The van der Waals surface area contributed by atoms with E-state index in [1.54, 1.807) is 0 Å². The minimum atomic E-state index is -2.50. The van der Waals surface area contributed by atoms with Crippen LogP contribution in [0.4, 0.5) is 0 Å². The minimum Gasteiger partial charge on any atom is -0.228 e. The molecule has 1 saturated carbocycles. The molecule has 1 saturated heterocycles. The van der Waals surface area contributed by atoms with Crippen molar-refractivity contribution in [3.8, 4) is 0 Å². The van der Waals surface area contributed by atoms with Gasteiger partial charge < -0.3 is 0 Å². The first-order valence-corrected chi connectivity index (χ1v) is 4.56. The van der Waals surface area contributed by atoms with Crippen LogP contribution in [-0.4, -0.2) is 18.9 Å². The Morgan fingerprint density at radius 2 is 1.62 bits per heavy atom. The Balaban J connectivity index is 2.37. The zero-order valence-electron chi connectivity index (χ0n) is 4.50.